The second kappa shape index (κ2) is 4.30. The summed E-state index contributed by atoms with van der Waals surface area (Å²) in [7, 11) is 1.59. The van der Waals surface area contributed by atoms with E-state index < -0.39 is 5.97 Å². The van der Waals surface area contributed by atoms with E-state index in [2.05, 4.69) is 5.10 Å². The fraction of sp³-hybridized carbons (Fsp3) is 0.182. The van der Waals surface area contributed by atoms with E-state index >= 15 is 0 Å². The van der Waals surface area contributed by atoms with E-state index in [0.29, 0.717) is 11.5 Å². The Labute approximate surface area is 107 Å². The molecule has 0 radical (unpaired) electrons. The number of halogens is 1. The number of aryl methyl sites for hydroxylation is 1. The Balaban J connectivity index is 2.65. The average Bonchev–Trinajstić information content (AvgIpc) is 2.57. The Hall–Kier alpha value is -2.08. The van der Waals surface area contributed by atoms with Crippen molar-refractivity contribution in [2.75, 3.05) is 0 Å². The molecule has 0 fully saturated rings. The predicted octanol–water partition coefficient (Wildman–Crippen LogP) is 1.23. The zero-order chi connectivity index (χ0) is 13.4. The second-order valence-electron chi connectivity index (χ2n) is 3.77. The van der Waals surface area contributed by atoms with Gasteiger partial charge in [0, 0.05) is 7.05 Å². The number of carbonyl (C=O) groups is 1. The van der Waals surface area contributed by atoms with Crippen LogP contribution in [0.2, 0.25) is 5.02 Å². The lowest BCUT2D eigenvalue weighted by Gasteiger charge is -2.03. The molecular weight excluding hydrogens is 258 g/mol. The maximum Gasteiger partial charge on any atom is 0.350 e. The first-order valence-electron chi connectivity index (χ1n) is 5.07. The topological polar surface area (TPSA) is 77.1 Å². The monoisotopic (exact) mass is 267 g/mol. The van der Waals surface area contributed by atoms with Crippen LogP contribution in [0.4, 0.5) is 0 Å². The van der Waals surface area contributed by atoms with E-state index in [9.17, 15) is 9.59 Å². The summed E-state index contributed by atoms with van der Waals surface area (Å²) in [4.78, 5) is 22.8. The van der Waals surface area contributed by atoms with Gasteiger partial charge in [-0.1, -0.05) is 11.6 Å². The zero-order valence-corrected chi connectivity index (χ0v) is 10.5. The first-order valence-corrected chi connectivity index (χ1v) is 5.45. The molecule has 0 amide bonds. The molecule has 2 aromatic rings. The largest absolute Gasteiger partial charge is 0.478 e. The van der Waals surface area contributed by atoms with Crippen molar-refractivity contribution in [3.63, 3.8) is 0 Å². The van der Waals surface area contributed by atoms with Crippen LogP contribution >= 0.6 is 11.6 Å². The summed E-state index contributed by atoms with van der Waals surface area (Å²) in [6.45, 7) is 1.69. The van der Waals surface area contributed by atoms with Gasteiger partial charge in [-0.05, 0) is 25.1 Å². The van der Waals surface area contributed by atoms with Gasteiger partial charge in [0.05, 0.1) is 16.3 Å². The maximum absolute atomic E-state index is 11.8. The lowest BCUT2D eigenvalue weighted by molar-refractivity contribution is 0.0697. The first kappa shape index (κ1) is 12.4. The van der Waals surface area contributed by atoms with Crippen LogP contribution < -0.4 is 5.69 Å². The molecule has 0 saturated carbocycles. The Morgan fingerprint density at radius 1 is 1.44 bits per heavy atom. The molecule has 1 aromatic carbocycles. The smallest absolute Gasteiger partial charge is 0.350 e. The highest BCUT2D eigenvalue weighted by atomic mass is 35.5. The number of rotatable bonds is 2. The van der Waals surface area contributed by atoms with Crippen molar-refractivity contribution in [2.45, 2.75) is 6.92 Å². The SMILES string of the molecule is Cc1nn(-c2ccc(Cl)c(C(=O)O)c2)c(=O)n1C. The summed E-state index contributed by atoms with van der Waals surface area (Å²) in [5.74, 6) is -0.616. The van der Waals surface area contributed by atoms with Gasteiger partial charge < -0.3 is 5.11 Å². The van der Waals surface area contributed by atoms with Crippen LogP contribution in [-0.4, -0.2) is 25.4 Å². The molecule has 0 aliphatic carbocycles. The molecule has 1 N–H and O–H groups in total. The second-order valence-corrected chi connectivity index (χ2v) is 4.18. The molecule has 0 spiro atoms. The van der Waals surface area contributed by atoms with Crippen molar-refractivity contribution < 1.29 is 9.90 Å². The van der Waals surface area contributed by atoms with E-state index in [1.807, 2.05) is 0 Å². The molecule has 0 unspecified atom stereocenters. The molecule has 94 valence electrons. The Morgan fingerprint density at radius 2 is 2.11 bits per heavy atom. The van der Waals surface area contributed by atoms with Crippen molar-refractivity contribution in [1.82, 2.24) is 14.3 Å². The van der Waals surface area contributed by atoms with Gasteiger partial charge in [0.1, 0.15) is 5.82 Å². The van der Waals surface area contributed by atoms with Crippen molar-refractivity contribution in [3.8, 4) is 5.69 Å². The van der Waals surface area contributed by atoms with Crippen LogP contribution in [0.25, 0.3) is 5.69 Å². The highest BCUT2D eigenvalue weighted by Crippen LogP contribution is 2.19. The van der Waals surface area contributed by atoms with Gasteiger partial charge in [0.2, 0.25) is 0 Å². The van der Waals surface area contributed by atoms with E-state index in [4.69, 9.17) is 16.7 Å². The van der Waals surface area contributed by atoms with Gasteiger partial charge >= 0.3 is 11.7 Å². The third kappa shape index (κ3) is 1.91. The van der Waals surface area contributed by atoms with Gasteiger partial charge in [-0.25, -0.2) is 9.59 Å². The Morgan fingerprint density at radius 3 is 2.61 bits per heavy atom. The van der Waals surface area contributed by atoms with Crippen LogP contribution in [0.1, 0.15) is 16.2 Å². The third-order valence-electron chi connectivity index (χ3n) is 2.62. The number of carboxylic acid groups (broad SMARTS) is 1. The molecule has 2 rings (SSSR count). The molecule has 7 heteroatoms. The van der Waals surface area contributed by atoms with E-state index in [-0.39, 0.29) is 16.3 Å². The van der Waals surface area contributed by atoms with Crippen LogP contribution in [0.5, 0.6) is 0 Å². The summed E-state index contributed by atoms with van der Waals surface area (Å²) in [5.41, 5.74) is -0.0407. The van der Waals surface area contributed by atoms with E-state index in [1.54, 1.807) is 20.0 Å². The lowest BCUT2D eigenvalue weighted by atomic mass is 10.2. The van der Waals surface area contributed by atoms with Crippen LogP contribution in [0, 0.1) is 6.92 Å². The van der Waals surface area contributed by atoms with Crippen molar-refractivity contribution in [2.24, 2.45) is 7.05 Å². The molecule has 1 heterocycles. The Bertz CT molecular complexity index is 687. The molecule has 0 aliphatic rings. The minimum atomic E-state index is -1.15. The molecular formula is C11H10ClN3O3. The summed E-state index contributed by atoms with van der Waals surface area (Å²) in [6.07, 6.45) is 0. The average molecular weight is 268 g/mol. The number of benzene rings is 1. The number of hydrogen-bond donors (Lipinski definition) is 1. The van der Waals surface area contributed by atoms with Gasteiger partial charge in [0.15, 0.2) is 0 Å². The summed E-state index contributed by atoms with van der Waals surface area (Å²) < 4.78 is 2.51. The summed E-state index contributed by atoms with van der Waals surface area (Å²) in [5, 5.41) is 13.1. The van der Waals surface area contributed by atoms with Gasteiger partial charge in [-0.2, -0.15) is 9.78 Å². The van der Waals surface area contributed by atoms with Crippen LogP contribution in [-0.2, 0) is 7.05 Å². The fourth-order valence-corrected chi connectivity index (χ4v) is 1.71. The van der Waals surface area contributed by atoms with Crippen LogP contribution in [0.3, 0.4) is 0 Å². The number of aromatic nitrogens is 3. The standard InChI is InChI=1S/C11H10ClN3O3/c1-6-13-15(11(18)14(6)2)7-3-4-9(12)8(5-7)10(16)17/h3-5H,1-2H3,(H,16,17). The molecule has 0 atom stereocenters. The fourth-order valence-electron chi connectivity index (χ4n) is 1.51. The van der Waals surface area contributed by atoms with Gasteiger partial charge in [-0.3, -0.25) is 4.57 Å². The summed E-state index contributed by atoms with van der Waals surface area (Å²) in [6, 6.07) is 4.29. The first-order chi connectivity index (χ1) is 8.41. The van der Waals surface area contributed by atoms with Gasteiger partial charge in [0.25, 0.3) is 0 Å². The molecule has 0 bridgehead atoms. The predicted molar refractivity (Wildman–Crippen MR) is 65.5 cm³/mol. The number of hydrogen-bond acceptors (Lipinski definition) is 3. The molecule has 0 saturated heterocycles. The molecule has 18 heavy (non-hydrogen) atoms. The highest BCUT2D eigenvalue weighted by molar-refractivity contribution is 6.33. The van der Waals surface area contributed by atoms with E-state index in [1.165, 1.54) is 16.7 Å². The third-order valence-corrected chi connectivity index (χ3v) is 2.95. The summed E-state index contributed by atoms with van der Waals surface area (Å²) >= 11 is 5.76. The number of nitrogens with zero attached hydrogens (tertiary/aromatic N) is 3. The Kier molecular flexibility index (Phi) is 2.96. The van der Waals surface area contributed by atoms with Gasteiger partial charge in [-0.15, -0.1) is 0 Å². The maximum atomic E-state index is 11.8. The number of carboxylic acids is 1. The minimum Gasteiger partial charge on any atom is -0.478 e. The minimum absolute atomic E-state index is 0.0654. The van der Waals surface area contributed by atoms with Crippen molar-refractivity contribution in [1.29, 1.82) is 0 Å². The molecule has 1 aromatic heterocycles. The quantitative estimate of drug-likeness (QED) is 0.888. The van der Waals surface area contributed by atoms with Crippen molar-refractivity contribution >= 4 is 17.6 Å². The molecule has 0 aliphatic heterocycles. The zero-order valence-electron chi connectivity index (χ0n) is 9.72. The molecule has 6 nitrogen and oxygen atoms in total. The lowest BCUT2D eigenvalue weighted by Crippen LogP contribution is -2.22. The van der Waals surface area contributed by atoms with Crippen molar-refractivity contribution in [3.05, 3.63) is 45.1 Å². The number of aromatic carboxylic acids is 1. The van der Waals surface area contributed by atoms with E-state index in [0.717, 1.165) is 4.68 Å². The normalized spacial score (nSPS) is 10.6. The highest BCUT2D eigenvalue weighted by Gasteiger charge is 2.13. The van der Waals surface area contributed by atoms with Crippen LogP contribution in [0.15, 0.2) is 23.0 Å².